The van der Waals surface area contributed by atoms with E-state index in [4.69, 9.17) is 27.4 Å². The summed E-state index contributed by atoms with van der Waals surface area (Å²) in [6.07, 6.45) is 0. The topological polar surface area (TPSA) is 0 Å². The van der Waals surface area contributed by atoms with Crippen LogP contribution in [-0.4, -0.2) is 0 Å². The van der Waals surface area contributed by atoms with Crippen LogP contribution in [0.5, 0.6) is 0 Å². The fraction of sp³-hybridized carbons (Fsp3) is 0. The third-order valence-electron chi connectivity index (χ3n) is 7.25. The van der Waals surface area contributed by atoms with Gasteiger partial charge in [-0.25, -0.2) is 0 Å². The van der Waals surface area contributed by atoms with Crippen LogP contribution in [0.3, 0.4) is 0 Å². The van der Waals surface area contributed by atoms with Gasteiger partial charge >= 0.3 is 0 Å². The Kier molecular flexibility index (Phi) is 2.37. The molecule has 0 unspecified atom stereocenters. The van der Waals surface area contributed by atoms with E-state index in [1.807, 2.05) is 0 Å². The lowest BCUT2D eigenvalue weighted by atomic mass is 9.85. The monoisotopic (exact) mass is 612 g/mol. The first-order valence-electron chi connectivity index (χ1n) is 28.5. The van der Waals surface area contributed by atoms with Crippen molar-refractivity contribution in [3.63, 3.8) is 0 Å². The summed E-state index contributed by atoms with van der Waals surface area (Å²) in [5.74, 6) is 0. The van der Waals surface area contributed by atoms with E-state index in [1.54, 1.807) is 0 Å². The molecule has 0 saturated carbocycles. The molecule has 0 spiro atoms. The van der Waals surface area contributed by atoms with Gasteiger partial charge in [-0.1, -0.05) is 175 Å². The van der Waals surface area contributed by atoms with Gasteiger partial charge in [-0.3, -0.25) is 0 Å². The highest BCUT2D eigenvalue weighted by Crippen LogP contribution is 2.45. The SMILES string of the molecule is [2H]c1c([2H])c(-c2c([2H])c([2H])c([2H])c3c([2H])c([2H])c([2H])c([2H])c23)c([2H])c(-c2c3c([2H])c([2H])c([2H])c([2H])c3c(-c3c([2H])c([2H])c(-c4c([2H])c([2H])c([2H])c5c([2H])c([2H])c([2H])c([2H])c45)c([2H])c3[2H])c3c([2H])c([2H])c([2H])c([2H])c23)c1[2H]. The Balaban J connectivity index is 1.56. The predicted molar refractivity (Wildman–Crippen MR) is 198 cm³/mol. The summed E-state index contributed by atoms with van der Waals surface area (Å²) < 4.78 is 269. The van der Waals surface area contributed by atoms with Gasteiger partial charge in [0.2, 0.25) is 0 Å². The van der Waals surface area contributed by atoms with E-state index in [2.05, 4.69) is 0 Å². The van der Waals surface area contributed by atoms with Crippen LogP contribution in [-0.2, 0) is 0 Å². The Hall–Kier alpha value is -5.98. The first-order chi connectivity index (χ1) is 35.3. The van der Waals surface area contributed by atoms with Gasteiger partial charge in [-0.15, -0.1) is 0 Å². The zero-order valence-corrected chi connectivity index (χ0v) is 23.0. The largest absolute Gasteiger partial charge is 0.0636 e. The van der Waals surface area contributed by atoms with Gasteiger partial charge in [-0.2, -0.15) is 0 Å². The third kappa shape index (κ3) is 4.30. The molecule has 9 rings (SSSR count). The molecule has 0 bridgehead atoms. The minimum atomic E-state index is -1.14. The number of hydrogen-bond donors (Lipinski definition) is 0. The van der Waals surface area contributed by atoms with Gasteiger partial charge in [0.1, 0.15) is 0 Å². The van der Waals surface area contributed by atoms with Crippen molar-refractivity contribution in [1.82, 2.24) is 0 Å². The summed E-state index contributed by atoms with van der Waals surface area (Å²) in [4.78, 5) is 0. The molecule has 0 heteroatoms. The zero-order chi connectivity index (χ0) is 56.6. The second-order valence-electron chi connectivity index (χ2n) is 9.75. The fourth-order valence-electron chi connectivity index (χ4n) is 5.28. The van der Waals surface area contributed by atoms with E-state index in [0.717, 1.165) is 0 Å². The molecular weight excluding hydrogens is 553 g/mol. The van der Waals surface area contributed by atoms with E-state index >= 15 is 0 Å². The minimum Gasteiger partial charge on any atom is -0.0616 e. The van der Waals surface area contributed by atoms with Crippen molar-refractivity contribution in [3.8, 4) is 44.5 Å². The maximum absolute atomic E-state index is 9.82. The second-order valence-corrected chi connectivity index (χ2v) is 9.75. The Morgan fingerprint density at radius 2 is 0.630 bits per heavy atom. The van der Waals surface area contributed by atoms with Gasteiger partial charge in [0.05, 0.1) is 41.1 Å². The maximum Gasteiger partial charge on any atom is 0.0636 e. The average molecular weight is 613 g/mol. The molecule has 0 aliphatic rings. The van der Waals surface area contributed by atoms with Crippen LogP contribution in [0.15, 0.2) is 181 Å². The fourth-order valence-corrected chi connectivity index (χ4v) is 5.28. The molecule has 9 aromatic rings. The molecule has 0 aliphatic carbocycles. The normalized spacial score (nSPS) is 20.6. The molecule has 0 fully saturated rings. The van der Waals surface area contributed by atoms with Crippen molar-refractivity contribution < 1.29 is 41.1 Å². The summed E-state index contributed by atoms with van der Waals surface area (Å²) in [6.45, 7) is 0. The molecule has 0 radical (unpaired) electrons. The third-order valence-corrected chi connectivity index (χ3v) is 7.25. The van der Waals surface area contributed by atoms with E-state index in [-0.39, 0.29) is 0 Å². The smallest absolute Gasteiger partial charge is 0.0616 e. The van der Waals surface area contributed by atoms with Crippen molar-refractivity contribution in [3.05, 3.63) is 181 Å². The molecule has 0 amide bonds. The summed E-state index contributed by atoms with van der Waals surface area (Å²) in [7, 11) is 0. The van der Waals surface area contributed by atoms with Gasteiger partial charge in [-0.05, 0) is 93.6 Å². The summed E-state index contributed by atoms with van der Waals surface area (Å²) in [6, 6.07) is -29.8. The Bertz CT molecular complexity index is 4150. The van der Waals surface area contributed by atoms with E-state index in [9.17, 15) is 13.7 Å². The lowest BCUT2D eigenvalue weighted by Gasteiger charge is -2.18. The number of benzene rings is 9. The summed E-state index contributed by atoms with van der Waals surface area (Å²) in [5, 5.41) is -5.84. The number of fused-ring (bicyclic) bond motifs is 4. The highest BCUT2D eigenvalue weighted by Gasteiger charge is 2.17. The second kappa shape index (κ2) is 10.9. The first-order valence-corrected chi connectivity index (χ1v) is 13.5. The molecule has 0 saturated heterocycles. The molecular formula is C46H30. The standard InChI is InChI=1S/C46H30/c1-3-18-37-31(12-1)14-10-24-39(37)33-26-28-34(29-27-33)45-41-20-5-7-22-43(41)46(44-23-8-6-21-42(44)45)36-17-9-16-35(30-36)40-25-11-15-32-13-2-4-19-38(32)40/h1-30H/i1D,2D,3D,4D,5D,6D,7D,8D,9D,10D,11D,12D,13D,14D,15D,16D,17D,18D,19D,20D,21D,22D,23D,24D,25D,26D,27D,28D,29D,30D. The Morgan fingerprint density at radius 3 is 1.17 bits per heavy atom. The van der Waals surface area contributed by atoms with Gasteiger partial charge < -0.3 is 0 Å². The van der Waals surface area contributed by atoms with Crippen LogP contribution in [0, 0.1) is 0 Å². The van der Waals surface area contributed by atoms with Crippen LogP contribution < -0.4 is 0 Å². The van der Waals surface area contributed by atoms with Gasteiger partial charge in [0.15, 0.2) is 0 Å². The highest BCUT2D eigenvalue weighted by atomic mass is 14.2. The highest BCUT2D eigenvalue weighted by molar-refractivity contribution is 6.21. The predicted octanol–water partition coefficient (Wildman–Crippen LogP) is 13.0. The lowest BCUT2D eigenvalue weighted by Crippen LogP contribution is -1.91. The van der Waals surface area contributed by atoms with Crippen molar-refractivity contribution in [2.24, 2.45) is 0 Å². The minimum absolute atomic E-state index is 0.604. The molecule has 9 aromatic carbocycles. The summed E-state index contributed by atoms with van der Waals surface area (Å²) >= 11 is 0. The Labute approximate surface area is 311 Å². The van der Waals surface area contributed by atoms with E-state index < -0.39 is 269 Å². The maximum atomic E-state index is 9.82. The van der Waals surface area contributed by atoms with Gasteiger partial charge in [0.25, 0.3) is 0 Å². The van der Waals surface area contributed by atoms with Crippen LogP contribution in [0.2, 0.25) is 0 Å². The average Bonchev–Trinajstić information content (AvgIpc) is 3.40. The molecule has 0 aromatic heterocycles. The number of hydrogen-bond acceptors (Lipinski definition) is 0. The van der Waals surface area contributed by atoms with E-state index in [0.29, 0.717) is 0 Å². The van der Waals surface area contributed by atoms with Crippen molar-refractivity contribution in [1.29, 1.82) is 0 Å². The molecule has 0 atom stereocenters. The number of rotatable bonds is 4. The molecule has 46 heavy (non-hydrogen) atoms. The Morgan fingerprint density at radius 1 is 0.261 bits per heavy atom. The van der Waals surface area contributed by atoms with Gasteiger partial charge in [0, 0.05) is 0 Å². The molecule has 0 nitrogen and oxygen atoms in total. The van der Waals surface area contributed by atoms with E-state index in [1.165, 1.54) is 0 Å². The van der Waals surface area contributed by atoms with Crippen LogP contribution in [0.4, 0.5) is 0 Å². The lowest BCUT2D eigenvalue weighted by molar-refractivity contribution is 1.62. The quantitative estimate of drug-likeness (QED) is 0.173. The summed E-state index contributed by atoms with van der Waals surface area (Å²) in [5.41, 5.74) is -6.74. The first kappa shape index (κ1) is 10.0. The van der Waals surface area contributed by atoms with Crippen molar-refractivity contribution in [2.75, 3.05) is 0 Å². The van der Waals surface area contributed by atoms with Crippen LogP contribution >= 0.6 is 0 Å². The molecule has 0 aliphatic heterocycles. The molecule has 0 N–H and O–H groups in total. The van der Waals surface area contributed by atoms with Crippen LogP contribution in [0.1, 0.15) is 41.1 Å². The zero-order valence-electron chi connectivity index (χ0n) is 53.0. The molecule has 214 valence electrons. The van der Waals surface area contributed by atoms with Crippen LogP contribution in [0.25, 0.3) is 87.6 Å². The van der Waals surface area contributed by atoms with Crippen molar-refractivity contribution in [2.45, 2.75) is 0 Å². The van der Waals surface area contributed by atoms with Crippen molar-refractivity contribution >= 4 is 43.1 Å². The molecule has 0 heterocycles.